The summed E-state index contributed by atoms with van der Waals surface area (Å²) in [6.07, 6.45) is 0. The average molecular weight is 316 g/mol. The zero-order valence-electron chi connectivity index (χ0n) is 13.5. The lowest BCUT2D eigenvalue weighted by Gasteiger charge is -2.09. The van der Waals surface area contributed by atoms with Crippen LogP contribution in [0.3, 0.4) is 0 Å². The molecule has 4 nitrogen and oxygen atoms in total. The SMILES string of the molecule is COc1cc2c(C(C)=O)nn(-c3ccccc3)c2c2ccccc12. The molecule has 118 valence electrons. The van der Waals surface area contributed by atoms with Crippen LogP contribution in [0.5, 0.6) is 5.75 Å². The summed E-state index contributed by atoms with van der Waals surface area (Å²) in [5, 5.41) is 7.41. The van der Waals surface area contributed by atoms with Crippen LogP contribution in [0.25, 0.3) is 27.4 Å². The van der Waals surface area contributed by atoms with E-state index in [4.69, 9.17) is 4.74 Å². The molecule has 1 aromatic heterocycles. The fourth-order valence-corrected chi connectivity index (χ4v) is 3.12. The van der Waals surface area contributed by atoms with E-state index in [0.717, 1.165) is 33.1 Å². The maximum absolute atomic E-state index is 12.1. The summed E-state index contributed by atoms with van der Waals surface area (Å²) in [6, 6.07) is 19.8. The van der Waals surface area contributed by atoms with Gasteiger partial charge in [0.05, 0.1) is 18.3 Å². The van der Waals surface area contributed by atoms with E-state index < -0.39 is 0 Å². The first-order valence-corrected chi connectivity index (χ1v) is 7.75. The quantitative estimate of drug-likeness (QED) is 0.527. The number of ketones is 1. The number of ether oxygens (including phenoxy) is 1. The third kappa shape index (κ3) is 2.07. The number of nitrogens with zero attached hydrogens (tertiary/aromatic N) is 2. The second-order valence-electron chi connectivity index (χ2n) is 5.67. The summed E-state index contributed by atoms with van der Waals surface area (Å²) >= 11 is 0. The molecule has 0 amide bonds. The van der Waals surface area contributed by atoms with Gasteiger partial charge in [-0.1, -0.05) is 42.5 Å². The van der Waals surface area contributed by atoms with Gasteiger partial charge in [0.15, 0.2) is 5.78 Å². The van der Waals surface area contributed by atoms with Crippen molar-refractivity contribution in [3.8, 4) is 11.4 Å². The number of Topliss-reactive ketones (excluding diaryl/α,β-unsaturated/α-hetero) is 1. The van der Waals surface area contributed by atoms with E-state index >= 15 is 0 Å². The number of methoxy groups -OCH3 is 1. The largest absolute Gasteiger partial charge is 0.496 e. The van der Waals surface area contributed by atoms with Gasteiger partial charge in [-0.15, -0.1) is 0 Å². The second-order valence-corrected chi connectivity index (χ2v) is 5.67. The highest BCUT2D eigenvalue weighted by Crippen LogP contribution is 2.36. The van der Waals surface area contributed by atoms with E-state index in [1.54, 1.807) is 14.0 Å². The van der Waals surface area contributed by atoms with Gasteiger partial charge in [0.2, 0.25) is 0 Å². The summed E-state index contributed by atoms with van der Waals surface area (Å²) in [7, 11) is 1.64. The number of hydrogen-bond acceptors (Lipinski definition) is 3. The normalized spacial score (nSPS) is 11.1. The summed E-state index contributed by atoms with van der Waals surface area (Å²) in [5.41, 5.74) is 2.30. The molecule has 3 aromatic carbocycles. The van der Waals surface area contributed by atoms with Crippen LogP contribution in [-0.4, -0.2) is 22.7 Å². The average Bonchev–Trinajstić information content (AvgIpc) is 3.01. The highest BCUT2D eigenvalue weighted by atomic mass is 16.5. The van der Waals surface area contributed by atoms with Crippen LogP contribution in [-0.2, 0) is 0 Å². The molecule has 4 rings (SSSR count). The van der Waals surface area contributed by atoms with Gasteiger partial charge in [-0.25, -0.2) is 4.68 Å². The lowest BCUT2D eigenvalue weighted by atomic mass is 10.0. The predicted molar refractivity (Wildman–Crippen MR) is 95.1 cm³/mol. The topological polar surface area (TPSA) is 44.1 Å². The van der Waals surface area contributed by atoms with Crippen molar-refractivity contribution in [3.63, 3.8) is 0 Å². The number of carbonyl (C=O) groups excluding carboxylic acids is 1. The summed E-state index contributed by atoms with van der Waals surface area (Å²) < 4.78 is 7.38. The molecule has 0 aliphatic carbocycles. The molecule has 0 atom stereocenters. The van der Waals surface area contributed by atoms with Crippen molar-refractivity contribution in [2.45, 2.75) is 6.92 Å². The van der Waals surface area contributed by atoms with E-state index in [1.807, 2.05) is 65.3 Å². The Labute approximate surface area is 139 Å². The minimum absolute atomic E-state index is 0.0629. The van der Waals surface area contributed by atoms with Gasteiger partial charge >= 0.3 is 0 Å². The Balaban J connectivity index is 2.22. The highest BCUT2D eigenvalue weighted by molar-refractivity contribution is 6.15. The molecule has 4 aromatic rings. The summed E-state index contributed by atoms with van der Waals surface area (Å²) in [6.45, 7) is 1.54. The van der Waals surface area contributed by atoms with Crippen molar-refractivity contribution in [2.75, 3.05) is 7.11 Å². The Hall–Kier alpha value is -3.14. The molecule has 0 fully saturated rings. The molecule has 0 saturated carbocycles. The number of para-hydroxylation sites is 1. The molecule has 0 unspecified atom stereocenters. The van der Waals surface area contributed by atoms with Crippen molar-refractivity contribution in [3.05, 3.63) is 66.4 Å². The Morgan fingerprint density at radius 2 is 1.62 bits per heavy atom. The molecule has 0 spiro atoms. The Morgan fingerprint density at radius 3 is 2.29 bits per heavy atom. The minimum atomic E-state index is -0.0629. The van der Waals surface area contributed by atoms with Crippen LogP contribution in [0.2, 0.25) is 0 Å². The van der Waals surface area contributed by atoms with Crippen LogP contribution >= 0.6 is 0 Å². The lowest BCUT2D eigenvalue weighted by Crippen LogP contribution is -1.99. The molecule has 0 N–H and O–H groups in total. The second kappa shape index (κ2) is 5.49. The molecular weight excluding hydrogens is 300 g/mol. The van der Waals surface area contributed by atoms with Crippen molar-refractivity contribution in [1.82, 2.24) is 9.78 Å². The van der Waals surface area contributed by atoms with E-state index in [1.165, 1.54) is 0 Å². The van der Waals surface area contributed by atoms with Gasteiger partial charge in [0, 0.05) is 23.1 Å². The number of aromatic nitrogens is 2. The Kier molecular flexibility index (Phi) is 3.31. The summed E-state index contributed by atoms with van der Waals surface area (Å²) in [4.78, 5) is 12.1. The Morgan fingerprint density at radius 1 is 0.958 bits per heavy atom. The first kappa shape index (κ1) is 14.5. The molecule has 24 heavy (non-hydrogen) atoms. The van der Waals surface area contributed by atoms with Gasteiger partial charge in [0.25, 0.3) is 0 Å². The van der Waals surface area contributed by atoms with Crippen LogP contribution in [0.15, 0.2) is 60.7 Å². The van der Waals surface area contributed by atoms with Gasteiger partial charge < -0.3 is 4.74 Å². The Bertz CT molecular complexity index is 1070. The van der Waals surface area contributed by atoms with Crippen LogP contribution in [0.4, 0.5) is 0 Å². The van der Waals surface area contributed by atoms with Crippen molar-refractivity contribution in [1.29, 1.82) is 0 Å². The molecule has 4 heteroatoms. The predicted octanol–water partition coefficient (Wildman–Crippen LogP) is 4.39. The van der Waals surface area contributed by atoms with Gasteiger partial charge in [-0.05, 0) is 18.2 Å². The first-order valence-electron chi connectivity index (χ1n) is 7.75. The number of carbonyl (C=O) groups is 1. The van der Waals surface area contributed by atoms with Crippen LogP contribution < -0.4 is 4.74 Å². The van der Waals surface area contributed by atoms with E-state index in [-0.39, 0.29) is 5.78 Å². The van der Waals surface area contributed by atoms with Gasteiger partial charge in [0.1, 0.15) is 11.4 Å². The third-order valence-electron chi connectivity index (χ3n) is 4.20. The first-order chi connectivity index (χ1) is 11.7. The standard InChI is InChI=1S/C20H16N2O2/c1-13(23)19-17-12-18(24-2)15-10-6-7-11-16(15)20(17)22(21-19)14-8-4-3-5-9-14/h3-12H,1-2H3. The maximum Gasteiger partial charge on any atom is 0.180 e. The molecule has 0 aliphatic heterocycles. The number of rotatable bonds is 3. The zero-order chi connectivity index (χ0) is 16.7. The monoisotopic (exact) mass is 316 g/mol. The van der Waals surface area contributed by atoms with Crippen molar-refractivity contribution < 1.29 is 9.53 Å². The summed E-state index contributed by atoms with van der Waals surface area (Å²) in [5.74, 6) is 0.681. The van der Waals surface area contributed by atoms with Gasteiger partial charge in [-0.3, -0.25) is 4.79 Å². The lowest BCUT2D eigenvalue weighted by molar-refractivity contribution is 0.101. The maximum atomic E-state index is 12.1. The van der Waals surface area contributed by atoms with E-state index in [2.05, 4.69) is 5.10 Å². The third-order valence-corrected chi connectivity index (χ3v) is 4.20. The number of hydrogen-bond donors (Lipinski definition) is 0. The molecule has 0 saturated heterocycles. The molecule has 0 radical (unpaired) electrons. The van der Waals surface area contributed by atoms with Crippen molar-refractivity contribution >= 4 is 27.5 Å². The molecule has 0 bridgehead atoms. The van der Waals surface area contributed by atoms with Crippen LogP contribution in [0.1, 0.15) is 17.4 Å². The highest BCUT2D eigenvalue weighted by Gasteiger charge is 2.19. The molecular formula is C20H16N2O2. The number of fused-ring (bicyclic) bond motifs is 3. The van der Waals surface area contributed by atoms with E-state index in [0.29, 0.717) is 5.69 Å². The van der Waals surface area contributed by atoms with E-state index in [9.17, 15) is 4.79 Å². The molecule has 0 aliphatic rings. The zero-order valence-corrected chi connectivity index (χ0v) is 13.5. The van der Waals surface area contributed by atoms with Crippen molar-refractivity contribution in [2.24, 2.45) is 0 Å². The molecule has 1 heterocycles. The fourth-order valence-electron chi connectivity index (χ4n) is 3.12. The van der Waals surface area contributed by atoms with Crippen LogP contribution in [0, 0.1) is 0 Å². The minimum Gasteiger partial charge on any atom is -0.496 e. The fraction of sp³-hybridized carbons (Fsp3) is 0.100. The van der Waals surface area contributed by atoms with Gasteiger partial charge in [-0.2, -0.15) is 5.10 Å². The number of benzene rings is 3. The smallest absolute Gasteiger partial charge is 0.180 e.